The van der Waals surface area contributed by atoms with Crippen molar-refractivity contribution in [2.75, 3.05) is 20.3 Å². The lowest BCUT2D eigenvalue weighted by Gasteiger charge is -2.14. The molecule has 4 rings (SSSR count). The summed E-state index contributed by atoms with van der Waals surface area (Å²) in [6.07, 6.45) is 2.25. The number of ether oxygens (including phenoxy) is 2. The van der Waals surface area contributed by atoms with E-state index in [-0.39, 0.29) is 26.9 Å². The minimum absolute atomic E-state index is 0.103. The molecular weight excluding hydrogens is 530 g/mol. The van der Waals surface area contributed by atoms with Crippen LogP contribution in [0.2, 0.25) is 0 Å². The number of nitrogens with zero attached hydrogens (tertiary/aromatic N) is 3. The fourth-order valence-corrected chi connectivity index (χ4v) is 7.20. The third-order valence-corrected chi connectivity index (χ3v) is 9.10. The average molecular weight is 558 g/mol. The molecule has 1 atom stereocenters. The Bertz CT molecular complexity index is 1630. The molecule has 0 amide bonds. The van der Waals surface area contributed by atoms with Crippen molar-refractivity contribution < 1.29 is 32.0 Å². The number of aryl methyl sites for hydroxylation is 1. The zero-order valence-corrected chi connectivity index (χ0v) is 22.7. The Balaban J connectivity index is 1.77. The highest BCUT2D eigenvalue weighted by Gasteiger charge is 2.29. The van der Waals surface area contributed by atoms with Gasteiger partial charge in [0.15, 0.2) is 0 Å². The van der Waals surface area contributed by atoms with Gasteiger partial charge in [0.25, 0.3) is 10.0 Å². The van der Waals surface area contributed by atoms with Gasteiger partial charge in [-0.05, 0) is 49.7 Å². The predicted octanol–water partition coefficient (Wildman–Crippen LogP) is 3.71. The molecule has 0 bridgehead atoms. The van der Waals surface area contributed by atoms with Crippen LogP contribution in [-0.2, 0) is 31.3 Å². The van der Waals surface area contributed by atoms with Gasteiger partial charge in [-0.3, -0.25) is 9.19 Å². The highest BCUT2D eigenvalue weighted by atomic mass is 32.2. The molecule has 0 fully saturated rings. The first-order valence-corrected chi connectivity index (χ1v) is 14.4. The molecule has 1 N–H and O–H groups in total. The van der Waals surface area contributed by atoms with Crippen molar-refractivity contribution in [1.82, 2.24) is 13.9 Å². The minimum atomic E-state index is -4.37. The van der Waals surface area contributed by atoms with Gasteiger partial charge in [0.05, 0.1) is 50.3 Å². The van der Waals surface area contributed by atoms with E-state index in [0.29, 0.717) is 47.7 Å². The number of fused-ring (bicyclic) bond motifs is 1. The third-order valence-electron chi connectivity index (χ3n) is 5.92. The van der Waals surface area contributed by atoms with Crippen LogP contribution in [0, 0.1) is 13.8 Å². The number of hydrogen-bond acceptors (Lipinski definition) is 8. The second-order valence-corrected chi connectivity index (χ2v) is 11.6. The van der Waals surface area contributed by atoms with Crippen LogP contribution >= 0.6 is 0 Å². The van der Waals surface area contributed by atoms with Crippen molar-refractivity contribution in [3.63, 3.8) is 0 Å². The summed E-state index contributed by atoms with van der Waals surface area (Å²) in [4.78, 5) is 20.1. The number of imidazole rings is 1. The zero-order chi connectivity index (χ0) is 27.4. The van der Waals surface area contributed by atoms with E-state index in [9.17, 15) is 22.5 Å². The number of aromatic carboxylic acids is 1. The van der Waals surface area contributed by atoms with E-state index in [1.54, 1.807) is 57.5 Å². The van der Waals surface area contributed by atoms with Crippen molar-refractivity contribution in [2.24, 2.45) is 0 Å². The van der Waals surface area contributed by atoms with E-state index in [0.717, 1.165) is 10.0 Å². The molecule has 0 aliphatic heterocycles. The number of rotatable bonds is 11. The summed E-state index contributed by atoms with van der Waals surface area (Å²) >= 11 is 0. The van der Waals surface area contributed by atoms with Gasteiger partial charge in [0.1, 0.15) is 5.75 Å². The van der Waals surface area contributed by atoms with Crippen LogP contribution in [0.3, 0.4) is 0 Å². The summed E-state index contributed by atoms with van der Waals surface area (Å²) in [5.74, 6) is -0.773. The Kier molecular flexibility index (Phi) is 8.24. The van der Waals surface area contributed by atoms with Gasteiger partial charge in [0, 0.05) is 31.9 Å². The average Bonchev–Trinajstić information content (AvgIpc) is 3.29. The van der Waals surface area contributed by atoms with Gasteiger partial charge >= 0.3 is 5.97 Å². The highest BCUT2D eigenvalue weighted by Crippen LogP contribution is 2.29. The molecule has 38 heavy (non-hydrogen) atoms. The maximum atomic E-state index is 13.9. The Morgan fingerprint density at radius 2 is 1.87 bits per heavy atom. The van der Waals surface area contributed by atoms with Crippen LogP contribution < -0.4 is 4.74 Å². The van der Waals surface area contributed by atoms with E-state index in [1.165, 1.54) is 12.1 Å². The largest absolute Gasteiger partial charge is 0.493 e. The predicted molar refractivity (Wildman–Crippen MR) is 142 cm³/mol. The molecule has 12 heteroatoms. The van der Waals surface area contributed by atoms with Crippen molar-refractivity contribution in [1.29, 1.82) is 0 Å². The second-order valence-electron chi connectivity index (χ2n) is 8.50. The normalized spacial score (nSPS) is 12.5. The number of methoxy groups -OCH3 is 1. The fourth-order valence-electron chi connectivity index (χ4n) is 3.90. The first kappa shape index (κ1) is 27.4. The van der Waals surface area contributed by atoms with Gasteiger partial charge in [-0.2, -0.15) is 0 Å². The first-order valence-electron chi connectivity index (χ1n) is 11.7. The summed E-state index contributed by atoms with van der Waals surface area (Å²) < 4.78 is 53.3. The van der Waals surface area contributed by atoms with E-state index >= 15 is 0 Å². The minimum Gasteiger partial charge on any atom is -0.493 e. The molecule has 0 saturated carbocycles. The summed E-state index contributed by atoms with van der Waals surface area (Å²) in [6, 6.07) is 12.1. The molecule has 10 nitrogen and oxygen atoms in total. The number of pyridine rings is 1. The number of para-hydroxylation sites is 2. The molecule has 0 aliphatic rings. The van der Waals surface area contributed by atoms with Gasteiger partial charge in [-0.25, -0.2) is 22.2 Å². The van der Waals surface area contributed by atoms with Crippen molar-refractivity contribution in [3.05, 3.63) is 77.1 Å². The zero-order valence-electron chi connectivity index (χ0n) is 21.1. The second kappa shape index (κ2) is 11.4. The SMILES string of the molecule is COCCCOc1ccnc(CS(=O)c2nc3ccccc3n2S(=O)(=O)c2cc(C(=O)O)ccc2C)c1C. The Morgan fingerprint density at radius 1 is 1.11 bits per heavy atom. The quantitative estimate of drug-likeness (QED) is 0.274. The molecule has 0 spiro atoms. The van der Waals surface area contributed by atoms with Crippen LogP contribution in [0.25, 0.3) is 11.0 Å². The molecule has 2 aromatic heterocycles. The molecule has 0 radical (unpaired) electrons. The third kappa shape index (κ3) is 5.47. The topological polar surface area (TPSA) is 138 Å². The lowest BCUT2D eigenvalue weighted by atomic mass is 10.1. The smallest absolute Gasteiger partial charge is 0.335 e. The molecule has 2 heterocycles. The summed E-state index contributed by atoms with van der Waals surface area (Å²) in [5, 5.41) is 9.24. The Hall–Kier alpha value is -3.61. The highest BCUT2D eigenvalue weighted by molar-refractivity contribution is 7.91. The van der Waals surface area contributed by atoms with Crippen LogP contribution in [0.4, 0.5) is 0 Å². The van der Waals surface area contributed by atoms with Crippen molar-refractivity contribution >= 4 is 37.8 Å². The van der Waals surface area contributed by atoms with Crippen LogP contribution in [0.5, 0.6) is 5.75 Å². The lowest BCUT2D eigenvalue weighted by molar-refractivity contribution is 0.0696. The van der Waals surface area contributed by atoms with Gasteiger partial charge < -0.3 is 14.6 Å². The number of benzene rings is 2. The maximum Gasteiger partial charge on any atom is 0.335 e. The maximum absolute atomic E-state index is 13.9. The molecule has 2 aromatic carbocycles. The van der Waals surface area contributed by atoms with E-state index < -0.39 is 26.8 Å². The van der Waals surface area contributed by atoms with E-state index in [4.69, 9.17) is 9.47 Å². The number of hydrogen-bond donors (Lipinski definition) is 1. The molecule has 0 aliphatic carbocycles. The molecule has 0 saturated heterocycles. The monoisotopic (exact) mass is 557 g/mol. The van der Waals surface area contributed by atoms with Gasteiger partial charge in [-0.15, -0.1) is 0 Å². The summed E-state index contributed by atoms with van der Waals surface area (Å²) in [7, 11) is -4.69. The molecular formula is C26H27N3O7S2. The Labute approximate surface area is 222 Å². The Morgan fingerprint density at radius 3 is 2.61 bits per heavy atom. The van der Waals surface area contributed by atoms with Crippen LogP contribution in [0.1, 0.15) is 33.6 Å². The summed E-state index contributed by atoms with van der Waals surface area (Å²) in [5.41, 5.74) is 1.91. The van der Waals surface area contributed by atoms with E-state index in [1.807, 2.05) is 0 Å². The first-order chi connectivity index (χ1) is 18.1. The fraction of sp³-hybridized carbons (Fsp3) is 0.269. The van der Waals surface area contributed by atoms with Crippen molar-refractivity contribution in [2.45, 2.75) is 36.1 Å². The van der Waals surface area contributed by atoms with Gasteiger partial charge in [-0.1, -0.05) is 18.2 Å². The van der Waals surface area contributed by atoms with Gasteiger partial charge in [0.2, 0.25) is 5.16 Å². The number of carbonyl (C=O) groups is 1. The standard InChI is InChI=1S/C26H27N3O7S2/c1-17-9-10-19(25(30)31)15-24(17)38(33,34)29-22-8-5-4-7-20(22)28-26(29)37(32)16-21-18(2)23(11-12-27-21)36-14-6-13-35-3/h4-5,7-12,15H,6,13-14,16H2,1-3H3,(H,30,31). The van der Waals surface area contributed by atoms with E-state index in [2.05, 4.69) is 9.97 Å². The number of aromatic nitrogens is 3. The molecule has 200 valence electrons. The summed E-state index contributed by atoms with van der Waals surface area (Å²) in [6.45, 7) is 4.36. The van der Waals surface area contributed by atoms with Crippen LogP contribution in [-0.4, -0.2) is 58.0 Å². The molecule has 1 unspecified atom stereocenters. The number of carboxylic acids is 1. The van der Waals surface area contributed by atoms with Crippen LogP contribution in [0.15, 0.2) is 64.8 Å². The molecule has 4 aromatic rings. The van der Waals surface area contributed by atoms with Crippen molar-refractivity contribution in [3.8, 4) is 5.75 Å². The lowest BCUT2D eigenvalue weighted by Crippen LogP contribution is -2.19. The number of carboxylic acid groups (broad SMARTS) is 1.